The van der Waals surface area contributed by atoms with Crippen molar-refractivity contribution in [3.63, 3.8) is 0 Å². The molecule has 0 spiro atoms. The smallest absolute Gasteiger partial charge is 0.0469 e. The maximum atomic E-state index is 5.46. The molecular formula is C15H23NO. The fourth-order valence-corrected chi connectivity index (χ4v) is 2.79. The summed E-state index contributed by atoms with van der Waals surface area (Å²) in [7, 11) is 2.07. The fraction of sp³-hybridized carbons (Fsp3) is 0.600. The zero-order chi connectivity index (χ0) is 12.3. The summed E-state index contributed by atoms with van der Waals surface area (Å²) in [6.07, 6.45) is 2.33. The number of benzene rings is 1. The maximum Gasteiger partial charge on any atom is 0.0469 e. The van der Waals surface area contributed by atoms with Crippen molar-refractivity contribution in [2.24, 2.45) is 5.92 Å². The van der Waals surface area contributed by atoms with Gasteiger partial charge in [0.15, 0.2) is 0 Å². The molecule has 1 N–H and O–H groups in total. The van der Waals surface area contributed by atoms with Crippen LogP contribution in [-0.2, 0) is 4.74 Å². The lowest BCUT2D eigenvalue weighted by molar-refractivity contribution is 0.0545. The van der Waals surface area contributed by atoms with Crippen molar-refractivity contribution in [2.75, 3.05) is 20.3 Å². The number of hydrogen-bond acceptors (Lipinski definition) is 2. The molecule has 0 bridgehead atoms. The van der Waals surface area contributed by atoms with Crippen molar-refractivity contribution >= 4 is 0 Å². The lowest BCUT2D eigenvalue weighted by atomic mass is 9.85. The summed E-state index contributed by atoms with van der Waals surface area (Å²) in [5.74, 6) is 0.703. The Bertz CT molecular complexity index is 369. The Hall–Kier alpha value is -0.860. The first-order valence-corrected chi connectivity index (χ1v) is 6.54. The summed E-state index contributed by atoms with van der Waals surface area (Å²) >= 11 is 0. The van der Waals surface area contributed by atoms with Crippen LogP contribution in [0, 0.1) is 19.8 Å². The zero-order valence-electron chi connectivity index (χ0n) is 11.1. The third kappa shape index (κ3) is 2.88. The van der Waals surface area contributed by atoms with Gasteiger partial charge in [-0.1, -0.05) is 23.8 Å². The first kappa shape index (κ1) is 12.6. The highest BCUT2D eigenvalue weighted by Crippen LogP contribution is 2.31. The van der Waals surface area contributed by atoms with Crippen LogP contribution in [0.3, 0.4) is 0 Å². The van der Waals surface area contributed by atoms with Crippen LogP contribution < -0.4 is 5.32 Å². The molecule has 1 atom stereocenters. The molecule has 0 saturated carbocycles. The third-order valence-corrected chi connectivity index (χ3v) is 3.82. The minimum atomic E-state index is 0.471. The molecule has 0 radical (unpaired) electrons. The normalized spacial score (nSPS) is 19.2. The van der Waals surface area contributed by atoms with E-state index in [9.17, 15) is 0 Å². The Labute approximate surface area is 104 Å². The van der Waals surface area contributed by atoms with Crippen LogP contribution in [0.1, 0.15) is 35.6 Å². The van der Waals surface area contributed by atoms with E-state index in [2.05, 4.69) is 44.4 Å². The van der Waals surface area contributed by atoms with Crippen molar-refractivity contribution in [1.29, 1.82) is 0 Å². The molecule has 2 rings (SSSR count). The van der Waals surface area contributed by atoms with Crippen LogP contribution in [-0.4, -0.2) is 20.3 Å². The topological polar surface area (TPSA) is 21.3 Å². The van der Waals surface area contributed by atoms with Gasteiger partial charge in [-0.05, 0) is 50.8 Å². The van der Waals surface area contributed by atoms with E-state index in [4.69, 9.17) is 4.74 Å². The Morgan fingerprint density at radius 3 is 2.59 bits per heavy atom. The second-order valence-electron chi connectivity index (χ2n) is 5.08. The average molecular weight is 233 g/mol. The largest absolute Gasteiger partial charge is 0.381 e. The molecule has 0 aromatic heterocycles. The van der Waals surface area contributed by atoms with Crippen LogP contribution in [0.25, 0.3) is 0 Å². The van der Waals surface area contributed by atoms with E-state index in [1.807, 2.05) is 0 Å². The summed E-state index contributed by atoms with van der Waals surface area (Å²) in [5.41, 5.74) is 4.19. The van der Waals surface area contributed by atoms with Crippen LogP contribution >= 0.6 is 0 Å². The number of ether oxygens (including phenoxy) is 1. The van der Waals surface area contributed by atoms with Gasteiger partial charge in [-0.2, -0.15) is 0 Å². The number of rotatable bonds is 3. The highest BCUT2D eigenvalue weighted by molar-refractivity contribution is 5.33. The highest BCUT2D eigenvalue weighted by Gasteiger charge is 2.25. The molecular weight excluding hydrogens is 210 g/mol. The first-order chi connectivity index (χ1) is 8.22. The standard InChI is InChI=1S/C15H23NO/c1-11-4-5-12(2)14(10-11)15(16-3)13-6-8-17-9-7-13/h4-5,10,13,15-16H,6-9H2,1-3H3. The van der Waals surface area contributed by atoms with Gasteiger partial charge in [0.1, 0.15) is 0 Å². The van der Waals surface area contributed by atoms with E-state index >= 15 is 0 Å². The third-order valence-electron chi connectivity index (χ3n) is 3.82. The van der Waals surface area contributed by atoms with Gasteiger partial charge in [0.25, 0.3) is 0 Å². The van der Waals surface area contributed by atoms with E-state index in [-0.39, 0.29) is 0 Å². The van der Waals surface area contributed by atoms with E-state index in [0.717, 1.165) is 13.2 Å². The molecule has 1 fully saturated rings. The molecule has 1 aliphatic heterocycles. The summed E-state index contributed by atoms with van der Waals surface area (Å²) in [5, 5.41) is 3.50. The van der Waals surface area contributed by atoms with Gasteiger partial charge in [-0.25, -0.2) is 0 Å². The molecule has 1 aliphatic rings. The van der Waals surface area contributed by atoms with Gasteiger partial charge in [0.2, 0.25) is 0 Å². The lowest BCUT2D eigenvalue weighted by Crippen LogP contribution is -2.30. The molecule has 1 saturated heterocycles. The van der Waals surface area contributed by atoms with Gasteiger partial charge in [0.05, 0.1) is 0 Å². The molecule has 1 unspecified atom stereocenters. The molecule has 1 heterocycles. The Morgan fingerprint density at radius 2 is 1.94 bits per heavy atom. The summed E-state index contributed by atoms with van der Waals surface area (Å²) < 4.78 is 5.46. The number of nitrogens with one attached hydrogen (secondary N) is 1. The summed E-state index contributed by atoms with van der Waals surface area (Å²) in [4.78, 5) is 0. The second kappa shape index (κ2) is 5.65. The molecule has 2 nitrogen and oxygen atoms in total. The van der Waals surface area contributed by atoms with Crippen LogP contribution in [0.15, 0.2) is 18.2 Å². The molecule has 94 valence electrons. The molecule has 0 aliphatic carbocycles. The predicted octanol–water partition coefficient (Wildman–Crippen LogP) is 2.99. The Balaban J connectivity index is 2.24. The SMILES string of the molecule is CNC(c1cc(C)ccc1C)C1CCOCC1. The minimum Gasteiger partial charge on any atom is -0.381 e. The zero-order valence-corrected chi connectivity index (χ0v) is 11.1. The summed E-state index contributed by atoms with van der Waals surface area (Å²) in [6.45, 7) is 6.19. The van der Waals surface area contributed by atoms with Gasteiger partial charge < -0.3 is 10.1 Å². The molecule has 0 amide bonds. The van der Waals surface area contributed by atoms with Crippen LogP contribution in [0.4, 0.5) is 0 Å². The van der Waals surface area contributed by atoms with Crippen LogP contribution in [0.2, 0.25) is 0 Å². The van der Waals surface area contributed by atoms with Gasteiger partial charge in [-0.3, -0.25) is 0 Å². The van der Waals surface area contributed by atoms with Crippen molar-refractivity contribution in [2.45, 2.75) is 32.7 Å². The molecule has 1 aromatic rings. The lowest BCUT2D eigenvalue weighted by Gasteiger charge is -2.31. The molecule has 1 aromatic carbocycles. The summed E-state index contributed by atoms with van der Waals surface area (Å²) in [6, 6.07) is 7.22. The Morgan fingerprint density at radius 1 is 1.24 bits per heavy atom. The molecule has 2 heteroatoms. The second-order valence-corrected chi connectivity index (χ2v) is 5.08. The van der Waals surface area contributed by atoms with E-state index in [1.165, 1.54) is 29.5 Å². The predicted molar refractivity (Wildman–Crippen MR) is 71.3 cm³/mol. The fourth-order valence-electron chi connectivity index (χ4n) is 2.79. The average Bonchev–Trinajstić information content (AvgIpc) is 2.36. The van der Waals surface area contributed by atoms with Crippen molar-refractivity contribution in [3.8, 4) is 0 Å². The highest BCUT2D eigenvalue weighted by atomic mass is 16.5. The maximum absolute atomic E-state index is 5.46. The van der Waals surface area contributed by atoms with Crippen molar-refractivity contribution < 1.29 is 4.74 Å². The van der Waals surface area contributed by atoms with E-state index in [1.54, 1.807) is 0 Å². The number of aryl methyl sites for hydroxylation is 2. The number of hydrogen-bond donors (Lipinski definition) is 1. The van der Waals surface area contributed by atoms with Gasteiger partial charge >= 0.3 is 0 Å². The van der Waals surface area contributed by atoms with Crippen LogP contribution in [0.5, 0.6) is 0 Å². The first-order valence-electron chi connectivity index (χ1n) is 6.54. The monoisotopic (exact) mass is 233 g/mol. The van der Waals surface area contributed by atoms with Gasteiger partial charge in [0, 0.05) is 19.3 Å². The van der Waals surface area contributed by atoms with Gasteiger partial charge in [-0.15, -0.1) is 0 Å². The quantitative estimate of drug-likeness (QED) is 0.866. The molecule has 17 heavy (non-hydrogen) atoms. The minimum absolute atomic E-state index is 0.471. The van der Waals surface area contributed by atoms with Crippen molar-refractivity contribution in [1.82, 2.24) is 5.32 Å². The van der Waals surface area contributed by atoms with E-state index < -0.39 is 0 Å². The van der Waals surface area contributed by atoms with Crippen molar-refractivity contribution in [3.05, 3.63) is 34.9 Å². The van der Waals surface area contributed by atoms with E-state index in [0.29, 0.717) is 12.0 Å². The Kier molecular flexibility index (Phi) is 4.19.